The number of nitrogens with zero attached hydrogens (tertiary/aromatic N) is 1. The van der Waals surface area contributed by atoms with E-state index in [2.05, 4.69) is 0 Å². The van der Waals surface area contributed by atoms with Gasteiger partial charge in [0.1, 0.15) is 0 Å². The van der Waals surface area contributed by atoms with Gasteiger partial charge in [0, 0.05) is 15.5 Å². The molecule has 1 aliphatic heterocycles. The van der Waals surface area contributed by atoms with Gasteiger partial charge in [-0.3, -0.25) is 0 Å². The van der Waals surface area contributed by atoms with Crippen molar-refractivity contribution < 1.29 is 9.53 Å². The molecule has 0 atom stereocenters. The Morgan fingerprint density at radius 3 is 2.65 bits per heavy atom. The van der Waals surface area contributed by atoms with Gasteiger partial charge in [-0.25, -0.2) is 9.79 Å². The van der Waals surface area contributed by atoms with E-state index in [0.717, 1.165) is 16.1 Å². The highest BCUT2D eigenvalue weighted by molar-refractivity contribution is 8.04. The number of allylic oxidation sites excluding steroid dienone is 1. The lowest BCUT2D eigenvalue weighted by Gasteiger charge is -2.06. The molecule has 23 heavy (non-hydrogen) atoms. The number of hydrogen-bond acceptors (Lipinski definition) is 4. The third-order valence-electron chi connectivity index (χ3n) is 3.21. The monoisotopic (exact) mass is 343 g/mol. The number of halogens is 1. The number of thioether (sulfide) groups is 1. The van der Waals surface area contributed by atoms with E-state index in [9.17, 15) is 4.79 Å². The van der Waals surface area contributed by atoms with Crippen LogP contribution in [0.3, 0.4) is 0 Å². The van der Waals surface area contributed by atoms with Crippen molar-refractivity contribution in [1.29, 1.82) is 0 Å². The number of carbonyl (C=O) groups excluding carboxylic acids is 1. The number of aliphatic imine (C=N–C) groups is 1. The van der Waals surface area contributed by atoms with Crippen LogP contribution in [0.2, 0.25) is 5.02 Å². The van der Waals surface area contributed by atoms with E-state index >= 15 is 0 Å². The number of esters is 1. The van der Waals surface area contributed by atoms with Crippen LogP contribution in [0.25, 0.3) is 0 Å². The van der Waals surface area contributed by atoms with Crippen LogP contribution >= 0.6 is 23.4 Å². The Hall–Kier alpha value is -2.04. The molecule has 0 radical (unpaired) electrons. The third-order valence-corrected chi connectivity index (χ3v) is 4.53. The van der Waals surface area contributed by atoms with Crippen molar-refractivity contribution in [3.63, 3.8) is 0 Å². The Balaban J connectivity index is 2.09. The number of hydrogen-bond donors (Lipinski definition) is 0. The Morgan fingerprint density at radius 2 is 1.91 bits per heavy atom. The summed E-state index contributed by atoms with van der Waals surface area (Å²) in [6, 6.07) is 15.1. The predicted octanol–water partition coefficient (Wildman–Crippen LogP) is 5.01. The zero-order chi connectivity index (χ0) is 16.2. The van der Waals surface area contributed by atoms with Crippen LogP contribution in [0.4, 0.5) is 5.69 Å². The summed E-state index contributed by atoms with van der Waals surface area (Å²) in [5.41, 5.74) is 2.44. The summed E-state index contributed by atoms with van der Waals surface area (Å²) in [4.78, 5) is 18.4. The summed E-state index contributed by atoms with van der Waals surface area (Å²) in [6.07, 6.45) is 1.77. The van der Waals surface area contributed by atoms with Crippen LogP contribution in [0.5, 0.6) is 0 Å². The first-order valence-electron chi connectivity index (χ1n) is 7.17. The van der Waals surface area contributed by atoms with Gasteiger partial charge in [0.15, 0.2) is 0 Å². The Labute approximate surface area is 144 Å². The van der Waals surface area contributed by atoms with Gasteiger partial charge in [-0.15, -0.1) is 0 Å². The first kappa shape index (κ1) is 15.8. The van der Waals surface area contributed by atoms with Gasteiger partial charge in [0.2, 0.25) is 0 Å². The van der Waals surface area contributed by atoms with Gasteiger partial charge in [-0.05, 0) is 37.3 Å². The molecule has 2 aromatic rings. The predicted molar refractivity (Wildman–Crippen MR) is 94.7 cm³/mol. The van der Waals surface area contributed by atoms with Crippen molar-refractivity contribution in [3.05, 3.63) is 70.1 Å². The van der Waals surface area contributed by atoms with E-state index in [1.807, 2.05) is 36.4 Å². The summed E-state index contributed by atoms with van der Waals surface area (Å²) < 4.78 is 5.15. The molecular weight excluding hydrogens is 330 g/mol. The SMILES string of the molecule is CCOC(=O)C1=CC(c2ccc(Cl)cc2)=Nc2ccccc2S1. The van der Waals surface area contributed by atoms with Gasteiger partial charge in [0.25, 0.3) is 0 Å². The first-order valence-corrected chi connectivity index (χ1v) is 8.37. The molecule has 0 saturated heterocycles. The first-order chi connectivity index (χ1) is 11.2. The molecule has 3 rings (SSSR count). The molecule has 116 valence electrons. The summed E-state index contributed by atoms with van der Waals surface area (Å²) >= 11 is 7.32. The lowest BCUT2D eigenvalue weighted by atomic mass is 10.1. The molecule has 5 heteroatoms. The van der Waals surface area contributed by atoms with E-state index in [1.54, 1.807) is 25.1 Å². The van der Waals surface area contributed by atoms with E-state index in [1.165, 1.54) is 11.8 Å². The highest BCUT2D eigenvalue weighted by Crippen LogP contribution is 2.38. The van der Waals surface area contributed by atoms with Crippen molar-refractivity contribution in [2.24, 2.45) is 4.99 Å². The molecule has 3 nitrogen and oxygen atoms in total. The molecule has 0 aliphatic carbocycles. The number of carbonyl (C=O) groups is 1. The minimum atomic E-state index is -0.337. The molecule has 0 fully saturated rings. The smallest absolute Gasteiger partial charge is 0.345 e. The van der Waals surface area contributed by atoms with Crippen LogP contribution in [0.15, 0.2) is 69.4 Å². The van der Waals surface area contributed by atoms with E-state index < -0.39 is 0 Å². The largest absolute Gasteiger partial charge is 0.462 e. The second-order valence-corrected chi connectivity index (χ2v) is 6.32. The highest BCUT2D eigenvalue weighted by Gasteiger charge is 2.19. The van der Waals surface area contributed by atoms with Crippen LogP contribution in [0.1, 0.15) is 12.5 Å². The van der Waals surface area contributed by atoms with Gasteiger partial charge < -0.3 is 4.74 Å². The van der Waals surface area contributed by atoms with E-state index in [0.29, 0.717) is 22.2 Å². The van der Waals surface area contributed by atoms with Crippen LogP contribution < -0.4 is 0 Å². The Morgan fingerprint density at radius 1 is 1.17 bits per heavy atom. The molecule has 0 spiro atoms. The van der Waals surface area contributed by atoms with E-state index in [-0.39, 0.29) is 5.97 Å². The van der Waals surface area contributed by atoms with Crippen molar-refractivity contribution in [3.8, 4) is 0 Å². The number of fused-ring (bicyclic) bond motifs is 1. The third kappa shape index (κ3) is 3.66. The molecule has 0 amide bonds. The van der Waals surface area contributed by atoms with Crippen LogP contribution in [-0.2, 0) is 9.53 Å². The topological polar surface area (TPSA) is 38.7 Å². The summed E-state index contributed by atoms with van der Waals surface area (Å²) in [5.74, 6) is -0.337. The minimum absolute atomic E-state index is 0.337. The van der Waals surface area contributed by atoms with Crippen molar-refractivity contribution >= 4 is 40.7 Å². The van der Waals surface area contributed by atoms with Gasteiger partial charge in [-0.2, -0.15) is 0 Å². The molecule has 0 aromatic heterocycles. The molecular formula is C18H14ClNO2S. The fourth-order valence-electron chi connectivity index (χ4n) is 2.14. The molecule has 0 unspecified atom stereocenters. The molecule has 1 aliphatic rings. The summed E-state index contributed by atoms with van der Waals surface area (Å²) in [7, 11) is 0. The van der Waals surface area contributed by atoms with Crippen molar-refractivity contribution in [2.75, 3.05) is 6.61 Å². The molecule has 2 aromatic carbocycles. The lowest BCUT2D eigenvalue weighted by molar-refractivity contribution is -0.137. The van der Waals surface area contributed by atoms with Gasteiger partial charge in [-0.1, -0.05) is 47.6 Å². The fourth-order valence-corrected chi connectivity index (χ4v) is 3.18. The van der Waals surface area contributed by atoms with Crippen molar-refractivity contribution in [2.45, 2.75) is 11.8 Å². The molecule has 0 N–H and O–H groups in total. The highest BCUT2D eigenvalue weighted by atomic mass is 35.5. The Bertz CT molecular complexity index is 797. The maximum Gasteiger partial charge on any atom is 0.345 e. The molecule has 1 heterocycles. The zero-order valence-corrected chi connectivity index (χ0v) is 14.0. The summed E-state index contributed by atoms with van der Waals surface area (Å²) in [6.45, 7) is 2.13. The van der Waals surface area contributed by atoms with Crippen LogP contribution in [0, 0.1) is 0 Å². The number of benzene rings is 2. The van der Waals surface area contributed by atoms with Crippen LogP contribution in [-0.4, -0.2) is 18.3 Å². The molecule has 0 saturated carbocycles. The second-order valence-electron chi connectivity index (χ2n) is 4.80. The lowest BCUT2D eigenvalue weighted by Crippen LogP contribution is -2.07. The minimum Gasteiger partial charge on any atom is -0.462 e. The van der Waals surface area contributed by atoms with E-state index in [4.69, 9.17) is 21.3 Å². The maximum absolute atomic E-state index is 12.2. The molecule has 0 bridgehead atoms. The quantitative estimate of drug-likeness (QED) is 0.735. The Kier molecular flexibility index (Phi) is 4.84. The summed E-state index contributed by atoms with van der Waals surface area (Å²) in [5, 5.41) is 0.660. The standard InChI is InChI=1S/C18H14ClNO2S/c1-2-22-18(21)17-11-15(12-7-9-13(19)10-8-12)20-14-5-3-4-6-16(14)23-17/h3-11H,2H2,1H3. The number of para-hydroxylation sites is 1. The number of ether oxygens (including phenoxy) is 1. The van der Waals surface area contributed by atoms with Gasteiger partial charge >= 0.3 is 5.97 Å². The fraction of sp³-hybridized carbons (Fsp3) is 0.111. The van der Waals surface area contributed by atoms with Crippen molar-refractivity contribution in [1.82, 2.24) is 0 Å². The number of rotatable bonds is 3. The maximum atomic E-state index is 12.2. The second kappa shape index (κ2) is 7.02. The normalized spacial score (nSPS) is 13.5. The zero-order valence-electron chi connectivity index (χ0n) is 12.5. The average Bonchev–Trinajstić information content (AvgIpc) is 2.75. The average molecular weight is 344 g/mol. The van der Waals surface area contributed by atoms with Gasteiger partial charge in [0.05, 0.1) is 22.9 Å².